The van der Waals surface area contributed by atoms with Gasteiger partial charge >= 0.3 is 0 Å². The summed E-state index contributed by atoms with van der Waals surface area (Å²) in [6, 6.07) is 27.2. The highest BCUT2D eigenvalue weighted by atomic mass is 16.5. The minimum atomic E-state index is -1.56. The van der Waals surface area contributed by atoms with Crippen molar-refractivity contribution < 1.29 is 33.6 Å². The molecule has 0 spiro atoms. The summed E-state index contributed by atoms with van der Waals surface area (Å²) in [6.45, 7) is 0.802. The van der Waals surface area contributed by atoms with Crippen LogP contribution >= 0.6 is 0 Å². The number of nitrogens with zero attached hydrogens (tertiary/aromatic N) is 4. The van der Waals surface area contributed by atoms with Gasteiger partial charge < -0.3 is 28.8 Å². The second-order valence-corrected chi connectivity index (χ2v) is 11.4. The van der Waals surface area contributed by atoms with Crippen molar-refractivity contribution in [2.45, 2.75) is 30.9 Å². The van der Waals surface area contributed by atoms with E-state index in [1.54, 1.807) is 63.8 Å². The van der Waals surface area contributed by atoms with E-state index in [0.717, 1.165) is 5.56 Å². The second kappa shape index (κ2) is 17.1. The van der Waals surface area contributed by atoms with Gasteiger partial charge in [0.1, 0.15) is 11.5 Å². The quantitative estimate of drug-likeness (QED) is 0.0415. The molecule has 0 aromatic heterocycles. The SMILES string of the molecule is COc1cccc([C@@H]2OC(c3ccc(OCCCO)cc3)=N[C@]2(Cc2ccccc2N=[N+]=[N-])C(=O)NNCCc2ccc(OC)c(OC)c2)c1. The number of hydrogen-bond donors (Lipinski definition) is 3. The molecule has 0 saturated heterocycles. The molecular formula is C37H40N6O7. The van der Waals surface area contributed by atoms with Crippen molar-refractivity contribution in [3.63, 3.8) is 0 Å². The topological polar surface area (TPSA) is 169 Å². The summed E-state index contributed by atoms with van der Waals surface area (Å²) >= 11 is 0. The Labute approximate surface area is 290 Å². The zero-order valence-corrected chi connectivity index (χ0v) is 28.2. The number of aliphatic imine (C=N–C) groups is 1. The normalized spacial score (nSPS) is 16.4. The number of amides is 1. The fraction of sp³-hybridized carbons (Fsp3) is 0.297. The molecule has 260 valence electrons. The molecule has 2 atom stereocenters. The number of azide groups is 1. The smallest absolute Gasteiger partial charge is 0.266 e. The van der Waals surface area contributed by atoms with E-state index in [1.807, 2.05) is 48.5 Å². The van der Waals surface area contributed by atoms with Crippen molar-refractivity contribution >= 4 is 17.5 Å². The first kappa shape index (κ1) is 35.6. The van der Waals surface area contributed by atoms with Gasteiger partial charge in [-0.05, 0) is 77.2 Å². The Hall–Kier alpha value is -5.75. The maximum Gasteiger partial charge on any atom is 0.266 e. The average molecular weight is 681 g/mol. The predicted molar refractivity (Wildman–Crippen MR) is 188 cm³/mol. The van der Waals surface area contributed by atoms with Gasteiger partial charge in [-0.1, -0.05) is 47.6 Å². The number of nitrogens with one attached hydrogen (secondary N) is 2. The molecule has 4 aromatic rings. The Morgan fingerprint density at radius 3 is 2.50 bits per heavy atom. The van der Waals surface area contributed by atoms with E-state index in [9.17, 15) is 10.3 Å². The number of aliphatic hydroxyl groups is 1. The Kier molecular flexibility index (Phi) is 12.1. The Morgan fingerprint density at radius 2 is 1.76 bits per heavy atom. The monoisotopic (exact) mass is 680 g/mol. The van der Waals surface area contributed by atoms with Crippen LogP contribution in [0.3, 0.4) is 0 Å². The Bertz CT molecular complexity index is 1840. The van der Waals surface area contributed by atoms with E-state index < -0.39 is 17.6 Å². The van der Waals surface area contributed by atoms with Crippen LogP contribution in [0, 0.1) is 0 Å². The molecule has 3 N–H and O–H groups in total. The lowest BCUT2D eigenvalue weighted by Crippen LogP contribution is -2.54. The molecule has 0 bridgehead atoms. The fourth-order valence-corrected chi connectivity index (χ4v) is 5.68. The highest BCUT2D eigenvalue weighted by Gasteiger charge is 2.53. The van der Waals surface area contributed by atoms with Crippen LogP contribution in [0.5, 0.6) is 23.0 Å². The summed E-state index contributed by atoms with van der Waals surface area (Å²) in [4.78, 5) is 22.6. The second-order valence-electron chi connectivity index (χ2n) is 11.4. The molecule has 0 unspecified atom stereocenters. The van der Waals surface area contributed by atoms with E-state index in [0.29, 0.717) is 71.4 Å². The first-order valence-electron chi connectivity index (χ1n) is 16.1. The summed E-state index contributed by atoms with van der Waals surface area (Å²) in [6.07, 6.45) is 0.223. The summed E-state index contributed by atoms with van der Waals surface area (Å²) in [5.41, 5.74) is 17.0. The number of aliphatic hydroxyl groups excluding tert-OH is 1. The molecule has 0 saturated carbocycles. The standard InChI is InChI=1S/C37H40N6O7/c1-46-30-10-6-9-27(23-30)34-37(24-28-8-4-5-11-31(28)41-43-38,40-35(50-34)26-13-15-29(16-14-26)49-21-7-20-44)36(45)42-39-19-18-25-12-17-32(47-2)33(22-25)48-3/h4-6,8-17,22-23,34,39,44H,7,18-21,24H2,1-3H3,(H,42,45)/t34-,37-/m0/s1. The van der Waals surface area contributed by atoms with Crippen LogP contribution in [0.25, 0.3) is 10.4 Å². The van der Waals surface area contributed by atoms with E-state index in [-0.39, 0.29) is 18.9 Å². The van der Waals surface area contributed by atoms with E-state index >= 15 is 0 Å². The van der Waals surface area contributed by atoms with Crippen LogP contribution in [0.2, 0.25) is 0 Å². The van der Waals surface area contributed by atoms with Crippen LogP contribution < -0.4 is 29.8 Å². The van der Waals surface area contributed by atoms with Crippen molar-refractivity contribution in [1.82, 2.24) is 10.9 Å². The number of hydrogen-bond acceptors (Lipinski definition) is 10. The number of rotatable bonds is 17. The molecule has 0 radical (unpaired) electrons. The van der Waals surface area contributed by atoms with Gasteiger partial charge in [0, 0.05) is 42.2 Å². The molecule has 4 aromatic carbocycles. The van der Waals surface area contributed by atoms with Gasteiger partial charge in [-0.2, -0.15) is 0 Å². The summed E-state index contributed by atoms with van der Waals surface area (Å²) in [7, 11) is 4.73. The van der Waals surface area contributed by atoms with Crippen molar-refractivity contribution in [3.8, 4) is 23.0 Å². The third kappa shape index (κ3) is 8.27. The number of benzene rings is 4. The lowest BCUT2D eigenvalue weighted by molar-refractivity contribution is -0.130. The molecule has 1 amide bonds. The van der Waals surface area contributed by atoms with Gasteiger partial charge in [-0.25, -0.2) is 10.4 Å². The number of carbonyl (C=O) groups is 1. The maximum atomic E-state index is 14.6. The molecule has 1 heterocycles. The Morgan fingerprint density at radius 1 is 0.960 bits per heavy atom. The van der Waals surface area contributed by atoms with Crippen LogP contribution in [0.4, 0.5) is 5.69 Å². The number of methoxy groups -OCH3 is 3. The summed E-state index contributed by atoms with van der Waals surface area (Å²) < 4.78 is 28.6. The highest BCUT2D eigenvalue weighted by molar-refractivity contribution is 6.01. The van der Waals surface area contributed by atoms with Crippen molar-refractivity contribution in [2.75, 3.05) is 41.1 Å². The highest BCUT2D eigenvalue weighted by Crippen LogP contribution is 2.44. The van der Waals surface area contributed by atoms with Gasteiger partial charge in [0.05, 0.1) is 27.9 Å². The first-order chi connectivity index (χ1) is 24.4. The molecule has 1 aliphatic heterocycles. The molecule has 5 rings (SSSR count). The maximum absolute atomic E-state index is 14.6. The minimum Gasteiger partial charge on any atom is -0.497 e. The number of carbonyl (C=O) groups excluding carboxylic acids is 1. The lowest BCUT2D eigenvalue weighted by Gasteiger charge is -2.31. The first-order valence-corrected chi connectivity index (χ1v) is 16.1. The van der Waals surface area contributed by atoms with Gasteiger partial charge in [0.25, 0.3) is 5.91 Å². The third-order valence-corrected chi connectivity index (χ3v) is 8.22. The van der Waals surface area contributed by atoms with Crippen molar-refractivity contribution in [3.05, 3.63) is 124 Å². The molecule has 13 heteroatoms. The molecular weight excluding hydrogens is 640 g/mol. The van der Waals surface area contributed by atoms with Crippen molar-refractivity contribution in [2.24, 2.45) is 10.1 Å². The van der Waals surface area contributed by atoms with Gasteiger partial charge in [0.2, 0.25) is 5.90 Å². The van der Waals surface area contributed by atoms with Crippen LogP contribution in [0.15, 0.2) is 101 Å². The summed E-state index contributed by atoms with van der Waals surface area (Å²) in [5, 5.41) is 13.0. The van der Waals surface area contributed by atoms with Crippen LogP contribution in [0.1, 0.15) is 34.8 Å². The van der Waals surface area contributed by atoms with Gasteiger partial charge in [0.15, 0.2) is 23.1 Å². The van der Waals surface area contributed by atoms with E-state index in [1.165, 1.54) is 0 Å². The average Bonchev–Trinajstić information content (AvgIpc) is 3.55. The minimum absolute atomic E-state index is 0.0342. The zero-order valence-electron chi connectivity index (χ0n) is 28.2. The predicted octanol–water partition coefficient (Wildman–Crippen LogP) is 5.78. The van der Waals surface area contributed by atoms with E-state index in [2.05, 4.69) is 20.9 Å². The molecule has 0 aliphatic carbocycles. The lowest BCUT2D eigenvalue weighted by atomic mass is 9.81. The van der Waals surface area contributed by atoms with Crippen LogP contribution in [-0.4, -0.2) is 63.5 Å². The fourth-order valence-electron chi connectivity index (χ4n) is 5.68. The largest absolute Gasteiger partial charge is 0.497 e. The van der Waals surface area contributed by atoms with Gasteiger partial charge in [-0.15, -0.1) is 0 Å². The summed E-state index contributed by atoms with van der Waals surface area (Å²) in [5.74, 6) is 2.25. The van der Waals surface area contributed by atoms with Crippen molar-refractivity contribution in [1.29, 1.82) is 0 Å². The van der Waals surface area contributed by atoms with Crippen LogP contribution in [-0.2, 0) is 22.4 Å². The molecule has 50 heavy (non-hydrogen) atoms. The Balaban J connectivity index is 1.51. The molecule has 13 nitrogen and oxygen atoms in total. The number of ether oxygens (including phenoxy) is 5. The number of hydrazine groups is 1. The molecule has 0 fully saturated rings. The van der Waals surface area contributed by atoms with E-state index in [4.69, 9.17) is 33.8 Å². The third-order valence-electron chi connectivity index (χ3n) is 8.22. The zero-order chi connectivity index (χ0) is 35.3. The van der Waals surface area contributed by atoms with Gasteiger partial charge in [-0.3, -0.25) is 10.2 Å². The molecule has 1 aliphatic rings.